The first-order chi connectivity index (χ1) is 8.99. The van der Waals surface area contributed by atoms with Gasteiger partial charge in [-0.3, -0.25) is 0 Å². The van der Waals surface area contributed by atoms with Crippen LogP contribution in [-0.4, -0.2) is 12.8 Å². The van der Waals surface area contributed by atoms with Crippen LogP contribution in [0.15, 0.2) is 35.0 Å². The van der Waals surface area contributed by atoms with Gasteiger partial charge in [-0.1, -0.05) is 5.92 Å². The molecule has 0 N–H and O–H groups in total. The number of hydrogen-bond acceptors (Lipinski definition) is 2. The molecule has 1 aromatic carbocycles. The monoisotopic (exact) mass is 282 g/mol. The van der Waals surface area contributed by atoms with E-state index in [0.29, 0.717) is 5.56 Å². The number of thiophene rings is 1. The highest BCUT2D eigenvalue weighted by molar-refractivity contribution is 7.08. The summed E-state index contributed by atoms with van der Waals surface area (Å²) in [5.41, 5.74) is 2.27. The molecule has 0 saturated carbocycles. The smallest absolute Gasteiger partial charge is 0.422 e. The van der Waals surface area contributed by atoms with Gasteiger partial charge in [0.2, 0.25) is 0 Å². The molecular formula is C14H9F3OS. The fourth-order valence-corrected chi connectivity index (χ4v) is 2.22. The first-order valence-corrected chi connectivity index (χ1v) is 6.26. The minimum absolute atomic E-state index is 0.115. The maximum absolute atomic E-state index is 12.1. The van der Waals surface area contributed by atoms with Crippen LogP contribution in [0.2, 0.25) is 0 Å². The summed E-state index contributed by atoms with van der Waals surface area (Å²) < 4.78 is 40.9. The van der Waals surface area contributed by atoms with E-state index in [1.54, 1.807) is 6.07 Å². The normalized spacial score (nSPS) is 11.1. The van der Waals surface area contributed by atoms with E-state index in [1.165, 1.54) is 23.5 Å². The Kier molecular flexibility index (Phi) is 3.82. The molecule has 0 bridgehead atoms. The Balaban J connectivity index is 2.25. The van der Waals surface area contributed by atoms with Crippen LogP contribution in [0.5, 0.6) is 5.75 Å². The van der Waals surface area contributed by atoms with E-state index in [4.69, 9.17) is 6.42 Å². The highest BCUT2D eigenvalue weighted by atomic mass is 32.1. The zero-order valence-corrected chi connectivity index (χ0v) is 10.5. The molecule has 0 saturated heterocycles. The van der Waals surface area contributed by atoms with Crippen molar-refractivity contribution in [3.05, 3.63) is 40.6 Å². The largest absolute Gasteiger partial charge is 0.484 e. The summed E-state index contributed by atoms with van der Waals surface area (Å²) in [6.07, 6.45) is 1.02. The molecule has 0 aliphatic rings. The predicted octanol–water partition coefficient (Wildman–Crippen LogP) is 4.34. The maximum atomic E-state index is 12.1. The van der Waals surface area contributed by atoms with Gasteiger partial charge in [-0.2, -0.15) is 24.5 Å². The summed E-state index contributed by atoms with van der Waals surface area (Å²) in [7, 11) is 0. The Bertz CT molecular complexity index is 594. The van der Waals surface area contributed by atoms with Crippen LogP contribution in [0.3, 0.4) is 0 Å². The highest BCUT2D eigenvalue weighted by Gasteiger charge is 2.28. The Labute approximate surface area is 112 Å². The van der Waals surface area contributed by atoms with Crippen molar-refractivity contribution in [2.75, 3.05) is 6.61 Å². The Morgan fingerprint density at radius 1 is 1.26 bits per heavy atom. The Morgan fingerprint density at radius 2 is 2.05 bits per heavy atom. The Hall–Kier alpha value is -1.93. The lowest BCUT2D eigenvalue weighted by molar-refractivity contribution is -0.153. The van der Waals surface area contributed by atoms with Crippen LogP contribution in [-0.2, 0) is 0 Å². The van der Waals surface area contributed by atoms with Crippen molar-refractivity contribution in [2.45, 2.75) is 6.18 Å². The molecule has 19 heavy (non-hydrogen) atoms. The molecule has 98 valence electrons. The molecule has 0 atom stereocenters. The molecule has 0 unspecified atom stereocenters. The van der Waals surface area contributed by atoms with Crippen LogP contribution in [0.4, 0.5) is 13.2 Å². The van der Waals surface area contributed by atoms with Gasteiger partial charge in [0, 0.05) is 5.56 Å². The molecule has 0 spiro atoms. The third kappa shape index (κ3) is 3.52. The fraction of sp³-hybridized carbons (Fsp3) is 0.143. The molecule has 0 aliphatic carbocycles. The van der Waals surface area contributed by atoms with E-state index in [-0.39, 0.29) is 5.75 Å². The van der Waals surface area contributed by atoms with Crippen molar-refractivity contribution in [3.63, 3.8) is 0 Å². The van der Waals surface area contributed by atoms with E-state index in [9.17, 15) is 13.2 Å². The maximum Gasteiger partial charge on any atom is 0.422 e. The lowest BCUT2D eigenvalue weighted by Crippen LogP contribution is -2.19. The lowest BCUT2D eigenvalue weighted by Gasteiger charge is -2.11. The van der Waals surface area contributed by atoms with Gasteiger partial charge < -0.3 is 4.74 Å². The van der Waals surface area contributed by atoms with Gasteiger partial charge in [-0.15, -0.1) is 6.42 Å². The molecule has 0 radical (unpaired) electrons. The summed E-state index contributed by atoms with van der Waals surface area (Å²) in [4.78, 5) is 0. The van der Waals surface area contributed by atoms with Gasteiger partial charge in [-0.25, -0.2) is 0 Å². The second-order valence-electron chi connectivity index (χ2n) is 3.77. The third-order valence-corrected chi connectivity index (χ3v) is 3.06. The number of halogens is 3. The average Bonchev–Trinajstić information content (AvgIpc) is 2.88. The number of ether oxygens (including phenoxy) is 1. The molecule has 0 aliphatic heterocycles. The second-order valence-corrected chi connectivity index (χ2v) is 4.55. The van der Waals surface area contributed by atoms with Gasteiger partial charge in [0.15, 0.2) is 6.61 Å². The zero-order valence-electron chi connectivity index (χ0n) is 9.70. The molecule has 1 aromatic heterocycles. The molecule has 2 rings (SSSR count). The van der Waals surface area contributed by atoms with Crippen molar-refractivity contribution >= 4 is 11.3 Å². The molecule has 2 aromatic rings. The average molecular weight is 282 g/mol. The predicted molar refractivity (Wildman–Crippen MR) is 69.2 cm³/mol. The lowest BCUT2D eigenvalue weighted by atomic mass is 10.0. The van der Waals surface area contributed by atoms with Gasteiger partial charge in [0.25, 0.3) is 0 Å². The summed E-state index contributed by atoms with van der Waals surface area (Å²) in [5, 5.41) is 3.83. The zero-order chi connectivity index (χ0) is 13.9. The van der Waals surface area contributed by atoms with Gasteiger partial charge >= 0.3 is 6.18 Å². The van der Waals surface area contributed by atoms with E-state index in [1.807, 2.05) is 16.8 Å². The molecule has 1 heterocycles. The van der Waals surface area contributed by atoms with E-state index < -0.39 is 12.8 Å². The number of terminal acetylenes is 1. The number of alkyl halides is 3. The van der Waals surface area contributed by atoms with E-state index >= 15 is 0 Å². The standard InChI is InChI=1S/C14H9F3OS/c1-2-10-7-12(18-9-14(15,16)17)3-4-13(10)11-5-6-19-8-11/h1,3-8H,9H2. The quantitative estimate of drug-likeness (QED) is 0.761. The molecule has 0 fully saturated rings. The van der Waals surface area contributed by atoms with Crippen molar-refractivity contribution in [2.24, 2.45) is 0 Å². The fourth-order valence-electron chi connectivity index (χ4n) is 1.57. The van der Waals surface area contributed by atoms with Crippen LogP contribution < -0.4 is 4.74 Å². The minimum atomic E-state index is -4.36. The summed E-state index contributed by atoms with van der Waals surface area (Å²) in [6.45, 7) is -1.32. The van der Waals surface area contributed by atoms with Gasteiger partial charge in [0.05, 0.1) is 0 Å². The summed E-state index contributed by atoms with van der Waals surface area (Å²) in [5.74, 6) is 2.58. The van der Waals surface area contributed by atoms with Crippen LogP contribution >= 0.6 is 11.3 Å². The highest BCUT2D eigenvalue weighted by Crippen LogP contribution is 2.29. The molecule has 0 amide bonds. The SMILES string of the molecule is C#Cc1cc(OCC(F)(F)F)ccc1-c1ccsc1. The second kappa shape index (κ2) is 5.37. The van der Waals surface area contributed by atoms with Crippen molar-refractivity contribution in [1.29, 1.82) is 0 Å². The Morgan fingerprint density at radius 3 is 2.63 bits per heavy atom. The summed E-state index contributed by atoms with van der Waals surface area (Å²) >= 11 is 1.52. The van der Waals surface area contributed by atoms with E-state index in [0.717, 1.165) is 11.1 Å². The first-order valence-electron chi connectivity index (χ1n) is 5.32. The van der Waals surface area contributed by atoms with Gasteiger partial charge in [0.1, 0.15) is 5.75 Å². The van der Waals surface area contributed by atoms with Crippen molar-refractivity contribution < 1.29 is 17.9 Å². The number of benzene rings is 1. The molecular weight excluding hydrogens is 273 g/mol. The van der Waals surface area contributed by atoms with Crippen LogP contribution in [0.25, 0.3) is 11.1 Å². The molecule has 5 heteroatoms. The van der Waals surface area contributed by atoms with Crippen LogP contribution in [0, 0.1) is 12.3 Å². The number of rotatable bonds is 3. The van der Waals surface area contributed by atoms with Crippen molar-refractivity contribution in [1.82, 2.24) is 0 Å². The number of hydrogen-bond donors (Lipinski definition) is 0. The van der Waals surface area contributed by atoms with Gasteiger partial charge in [-0.05, 0) is 46.2 Å². The van der Waals surface area contributed by atoms with Crippen molar-refractivity contribution in [3.8, 4) is 29.2 Å². The topological polar surface area (TPSA) is 9.23 Å². The minimum Gasteiger partial charge on any atom is -0.484 e. The van der Waals surface area contributed by atoms with E-state index in [2.05, 4.69) is 10.7 Å². The van der Waals surface area contributed by atoms with Crippen LogP contribution in [0.1, 0.15) is 5.56 Å². The summed E-state index contributed by atoms with van der Waals surface area (Å²) in [6, 6.07) is 6.50. The molecule has 1 nitrogen and oxygen atoms in total. The first kappa shape index (κ1) is 13.5. The third-order valence-electron chi connectivity index (χ3n) is 2.38.